The Morgan fingerprint density at radius 1 is 0.406 bits per heavy atom. The molecule has 0 radical (unpaired) electrons. The van der Waals surface area contributed by atoms with E-state index in [9.17, 15) is 0 Å². The molecule has 0 saturated heterocycles. The summed E-state index contributed by atoms with van der Waals surface area (Å²) in [6, 6.07) is 42.7. The van der Waals surface area contributed by atoms with Crippen LogP contribution in [0.5, 0.6) is 0 Å². The average Bonchev–Trinajstić information content (AvgIpc) is 3.19. The molecular formula is C30H20ClN. The molecule has 0 unspecified atom stereocenters. The topological polar surface area (TPSA) is 4.93 Å². The van der Waals surface area contributed by atoms with Gasteiger partial charge in [-0.3, -0.25) is 0 Å². The fraction of sp³-hybridized carbons (Fsp3) is 0. The summed E-state index contributed by atoms with van der Waals surface area (Å²) in [5.41, 5.74) is 8.40. The van der Waals surface area contributed by atoms with Crippen LogP contribution in [0.15, 0.2) is 121 Å². The minimum atomic E-state index is 0.758. The second-order valence-electron chi connectivity index (χ2n) is 8.00. The van der Waals surface area contributed by atoms with E-state index in [0.717, 1.165) is 5.02 Å². The Labute approximate surface area is 192 Å². The largest absolute Gasteiger partial charge is 0.309 e. The van der Waals surface area contributed by atoms with E-state index in [1.165, 1.54) is 49.7 Å². The third-order valence-corrected chi connectivity index (χ3v) is 6.35. The van der Waals surface area contributed by atoms with Gasteiger partial charge in [0.1, 0.15) is 0 Å². The molecular weight excluding hydrogens is 410 g/mol. The molecule has 0 saturated carbocycles. The molecule has 0 N–H and O–H groups in total. The highest BCUT2D eigenvalue weighted by Gasteiger charge is 2.11. The molecule has 1 aromatic heterocycles. The maximum Gasteiger partial charge on any atom is 0.0541 e. The first-order valence-corrected chi connectivity index (χ1v) is 11.1. The lowest BCUT2D eigenvalue weighted by molar-refractivity contribution is 1.18. The van der Waals surface area contributed by atoms with Crippen LogP contribution in [0.25, 0.3) is 49.7 Å². The molecule has 152 valence electrons. The van der Waals surface area contributed by atoms with Crippen molar-refractivity contribution in [3.63, 3.8) is 0 Å². The predicted molar refractivity (Wildman–Crippen MR) is 137 cm³/mol. The molecule has 32 heavy (non-hydrogen) atoms. The van der Waals surface area contributed by atoms with Crippen molar-refractivity contribution in [2.45, 2.75) is 0 Å². The van der Waals surface area contributed by atoms with Crippen molar-refractivity contribution < 1.29 is 0 Å². The predicted octanol–water partition coefficient (Wildman–Crippen LogP) is 8.77. The van der Waals surface area contributed by atoms with Crippen molar-refractivity contribution >= 4 is 33.4 Å². The monoisotopic (exact) mass is 429 g/mol. The summed E-state index contributed by atoms with van der Waals surface area (Å²) in [5.74, 6) is 0. The highest BCUT2D eigenvalue weighted by atomic mass is 35.5. The van der Waals surface area contributed by atoms with Gasteiger partial charge in [0.15, 0.2) is 0 Å². The number of hydrogen-bond donors (Lipinski definition) is 0. The van der Waals surface area contributed by atoms with E-state index in [4.69, 9.17) is 11.6 Å². The molecule has 5 aromatic carbocycles. The molecule has 6 aromatic rings. The lowest BCUT2D eigenvalue weighted by Gasteiger charge is -2.10. The van der Waals surface area contributed by atoms with Crippen molar-refractivity contribution in [2.75, 3.05) is 0 Å². The maximum absolute atomic E-state index is 6.02. The highest BCUT2D eigenvalue weighted by molar-refractivity contribution is 6.30. The van der Waals surface area contributed by atoms with Crippen LogP contribution >= 0.6 is 11.6 Å². The zero-order valence-electron chi connectivity index (χ0n) is 17.4. The Kier molecular flexibility index (Phi) is 4.56. The number of benzene rings is 5. The molecule has 0 aliphatic heterocycles. The molecule has 6 rings (SSSR count). The minimum Gasteiger partial charge on any atom is -0.309 e. The Balaban J connectivity index is 1.37. The van der Waals surface area contributed by atoms with E-state index in [-0.39, 0.29) is 0 Å². The van der Waals surface area contributed by atoms with Crippen LogP contribution in [0, 0.1) is 0 Å². The first-order valence-electron chi connectivity index (χ1n) is 10.7. The van der Waals surface area contributed by atoms with Gasteiger partial charge >= 0.3 is 0 Å². The van der Waals surface area contributed by atoms with Gasteiger partial charge in [-0.15, -0.1) is 0 Å². The zero-order valence-corrected chi connectivity index (χ0v) is 18.1. The molecule has 2 heteroatoms. The molecule has 0 aliphatic rings. The minimum absolute atomic E-state index is 0.758. The van der Waals surface area contributed by atoms with Crippen LogP contribution in [0.4, 0.5) is 0 Å². The van der Waals surface area contributed by atoms with E-state index in [1.807, 2.05) is 12.1 Å². The van der Waals surface area contributed by atoms with Gasteiger partial charge in [-0.1, -0.05) is 96.5 Å². The lowest BCUT2D eigenvalue weighted by atomic mass is 10.0. The van der Waals surface area contributed by atoms with Gasteiger partial charge in [-0.2, -0.15) is 0 Å². The lowest BCUT2D eigenvalue weighted by Crippen LogP contribution is -1.93. The van der Waals surface area contributed by atoms with E-state index >= 15 is 0 Å². The molecule has 1 heterocycles. The van der Waals surface area contributed by atoms with Crippen molar-refractivity contribution in [3.8, 4) is 27.9 Å². The van der Waals surface area contributed by atoms with Gasteiger partial charge in [-0.25, -0.2) is 0 Å². The van der Waals surface area contributed by atoms with E-state index < -0.39 is 0 Å². The van der Waals surface area contributed by atoms with Gasteiger partial charge in [-0.05, 0) is 58.7 Å². The molecule has 0 atom stereocenters. The van der Waals surface area contributed by atoms with Crippen LogP contribution in [0.2, 0.25) is 5.02 Å². The van der Waals surface area contributed by atoms with Crippen LogP contribution in [-0.4, -0.2) is 4.57 Å². The summed E-state index contributed by atoms with van der Waals surface area (Å²) < 4.78 is 2.35. The number of rotatable bonds is 3. The highest BCUT2D eigenvalue weighted by Crippen LogP contribution is 2.33. The fourth-order valence-corrected chi connectivity index (χ4v) is 4.63. The number of aromatic nitrogens is 1. The summed E-state index contributed by atoms with van der Waals surface area (Å²) in [5, 5.41) is 3.32. The van der Waals surface area contributed by atoms with Gasteiger partial charge in [0, 0.05) is 21.5 Å². The Morgan fingerprint density at radius 2 is 0.781 bits per heavy atom. The number of nitrogens with zero attached hydrogens (tertiary/aromatic N) is 1. The number of halogens is 1. The Morgan fingerprint density at radius 3 is 1.25 bits per heavy atom. The van der Waals surface area contributed by atoms with Gasteiger partial charge in [0.2, 0.25) is 0 Å². The van der Waals surface area contributed by atoms with E-state index in [2.05, 4.69) is 114 Å². The van der Waals surface area contributed by atoms with E-state index in [1.54, 1.807) is 0 Å². The van der Waals surface area contributed by atoms with Gasteiger partial charge < -0.3 is 4.57 Å². The summed E-state index contributed by atoms with van der Waals surface area (Å²) in [4.78, 5) is 0. The van der Waals surface area contributed by atoms with Crippen LogP contribution in [0.3, 0.4) is 0 Å². The van der Waals surface area contributed by atoms with Gasteiger partial charge in [0.25, 0.3) is 0 Å². The Bertz CT molecular complexity index is 1490. The second-order valence-corrected chi connectivity index (χ2v) is 8.44. The maximum atomic E-state index is 6.02. The third-order valence-electron chi connectivity index (χ3n) is 6.10. The fourth-order valence-electron chi connectivity index (χ4n) is 4.50. The Hall–Kier alpha value is -3.81. The molecule has 0 spiro atoms. The zero-order chi connectivity index (χ0) is 21.5. The first kappa shape index (κ1) is 18.9. The summed E-state index contributed by atoms with van der Waals surface area (Å²) in [6.07, 6.45) is 0. The van der Waals surface area contributed by atoms with Gasteiger partial charge in [0.05, 0.1) is 11.0 Å². The van der Waals surface area contributed by atoms with Crippen molar-refractivity contribution in [3.05, 3.63) is 126 Å². The molecule has 1 nitrogen and oxygen atoms in total. The van der Waals surface area contributed by atoms with Crippen LogP contribution in [-0.2, 0) is 0 Å². The molecule has 0 bridgehead atoms. The van der Waals surface area contributed by atoms with Crippen LogP contribution in [0.1, 0.15) is 0 Å². The summed E-state index contributed by atoms with van der Waals surface area (Å²) in [6.45, 7) is 0. The third kappa shape index (κ3) is 3.19. The molecule has 0 amide bonds. The molecule has 0 fully saturated rings. The quantitative estimate of drug-likeness (QED) is 0.265. The smallest absolute Gasteiger partial charge is 0.0541 e. The number of para-hydroxylation sites is 2. The second kappa shape index (κ2) is 7.71. The average molecular weight is 430 g/mol. The number of fused-ring (bicyclic) bond motifs is 3. The number of hydrogen-bond acceptors (Lipinski definition) is 0. The van der Waals surface area contributed by atoms with Crippen LogP contribution < -0.4 is 0 Å². The standard InChI is InChI=1S/C30H20ClN/c31-25-17-13-23(14-18-25)21-9-11-22(12-10-21)24-15-19-26(20-16-24)32-29-7-3-1-5-27(29)28-6-2-4-8-30(28)32/h1-20H. The van der Waals surface area contributed by atoms with E-state index in [0.29, 0.717) is 0 Å². The SMILES string of the molecule is Clc1ccc(-c2ccc(-c3ccc(-n4c5ccccc5c5ccccc54)cc3)cc2)cc1. The summed E-state index contributed by atoms with van der Waals surface area (Å²) in [7, 11) is 0. The van der Waals surface area contributed by atoms with Crippen molar-refractivity contribution in [2.24, 2.45) is 0 Å². The normalized spacial score (nSPS) is 11.3. The molecule has 0 aliphatic carbocycles. The van der Waals surface area contributed by atoms with Crippen molar-refractivity contribution in [1.29, 1.82) is 0 Å². The van der Waals surface area contributed by atoms with Crippen molar-refractivity contribution in [1.82, 2.24) is 4.57 Å². The summed E-state index contributed by atoms with van der Waals surface area (Å²) >= 11 is 6.02. The first-order chi connectivity index (χ1) is 15.8.